The molecule has 1 aliphatic rings. The maximum Gasteiger partial charge on any atom is 0.0330 e. The second kappa shape index (κ2) is 6.87. The Morgan fingerprint density at radius 3 is 2.68 bits per heavy atom. The van der Waals surface area contributed by atoms with Crippen LogP contribution in [0.2, 0.25) is 0 Å². The van der Waals surface area contributed by atoms with E-state index in [1.54, 1.807) is 0 Å². The summed E-state index contributed by atoms with van der Waals surface area (Å²) in [6.07, 6.45) is 1.36. The minimum Gasteiger partial charge on any atom is -0.312 e. The van der Waals surface area contributed by atoms with Crippen molar-refractivity contribution in [1.29, 1.82) is 0 Å². The van der Waals surface area contributed by atoms with Gasteiger partial charge < -0.3 is 5.32 Å². The largest absolute Gasteiger partial charge is 0.312 e. The molecule has 1 aromatic rings. The third-order valence-corrected chi connectivity index (χ3v) is 4.91. The smallest absolute Gasteiger partial charge is 0.0330 e. The Bertz CT molecular complexity index is 386. The van der Waals surface area contributed by atoms with Crippen LogP contribution in [0, 0.1) is 11.8 Å². The lowest BCUT2D eigenvalue weighted by Crippen LogP contribution is -2.26. The summed E-state index contributed by atoms with van der Waals surface area (Å²) in [4.78, 5) is 5.61. The predicted octanol–water partition coefficient (Wildman–Crippen LogP) is 3.72. The predicted molar refractivity (Wildman–Crippen MR) is 84.5 cm³/mol. The zero-order valence-electron chi connectivity index (χ0n) is 12.8. The van der Waals surface area contributed by atoms with Crippen LogP contribution in [0.1, 0.15) is 43.9 Å². The lowest BCUT2D eigenvalue weighted by atomic mass is 10.1. The summed E-state index contributed by atoms with van der Waals surface area (Å²) in [5.41, 5.74) is 0. The third kappa shape index (κ3) is 4.59. The molecular formula is C16H28N2S. The van der Waals surface area contributed by atoms with Crippen LogP contribution in [0.25, 0.3) is 0 Å². The molecule has 0 bridgehead atoms. The highest BCUT2D eigenvalue weighted by Crippen LogP contribution is 2.26. The third-order valence-electron chi connectivity index (χ3n) is 3.84. The zero-order valence-corrected chi connectivity index (χ0v) is 13.6. The molecule has 0 spiro atoms. The van der Waals surface area contributed by atoms with Crippen molar-refractivity contribution in [2.75, 3.05) is 13.1 Å². The van der Waals surface area contributed by atoms with Gasteiger partial charge in [0.2, 0.25) is 0 Å². The summed E-state index contributed by atoms with van der Waals surface area (Å²) in [6.45, 7) is 13.8. The van der Waals surface area contributed by atoms with Crippen molar-refractivity contribution in [3.8, 4) is 0 Å². The summed E-state index contributed by atoms with van der Waals surface area (Å²) >= 11 is 1.97. The molecule has 0 aliphatic carbocycles. The van der Waals surface area contributed by atoms with Gasteiger partial charge in [0.15, 0.2) is 0 Å². The lowest BCUT2D eigenvalue weighted by Gasteiger charge is -2.19. The Balaban J connectivity index is 1.80. The average molecular weight is 280 g/mol. The quantitative estimate of drug-likeness (QED) is 0.854. The first-order chi connectivity index (χ1) is 9.04. The van der Waals surface area contributed by atoms with Crippen LogP contribution in [0.4, 0.5) is 0 Å². The highest BCUT2D eigenvalue weighted by Gasteiger charge is 2.26. The monoisotopic (exact) mass is 280 g/mol. The van der Waals surface area contributed by atoms with E-state index in [1.165, 1.54) is 22.7 Å². The van der Waals surface area contributed by atoms with E-state index in [9.17, 15) is 0 Å². The van der Waals surface area contributed by atoms with E-state index in [-0.39, 0.29) is 0 Å². The summed E-state index contributed by atoms with van der Waals surface area (Å²) in [7, 11) is 0. The SMILES string of the molecule is CC(C)CNCc1ccc(CN2CC(C)CC2C)s1. The molecule has 2 atom stereocenters. The van der Waals surface area contributed by atoms with Crippen LogP contribution in [0.5, 0.6) is 0 Å². The zero-order chi connectivity index (χ0) is 13.8. The van der Waals surface area contributed by atoms with Crippen molar-refractivity contribution in [2.24, 2.45) is 11.8 Å². The van der Waals surface area contributed by atoms with E-state index >= 15 is 0 Å². The maximum atomic E-state index is 3.52. The lowest BCUT2D eigenvalue weighted by molar-refractivity contribution is 0.259. The van der Waals surface area contributed by atoms with Crippen molar-refractivity contribution < 1.29 is 0 Å². The molecule has 0 saturated carbocycles. The van der Waals surface area contributed by atoms with Crippen LogP contribution in [-0.4, -0.2) is 24.0 Å². The fourth-order valence-electron chi connectivity index (χ4n) is 2.89. The van der Waals surface area contributed by atoms with Crippen LogP contribution >= 0.6 is 11.3 Å². The number of hydrogen-bond acceptors (Lipinski definition) is 3. The average Bonchev–Trinajstić information content (AvgIpc) is 2.87. The Morgan fingerprint density at radius 2 is 2.05 bits per heavy atom. The molecule has 3 heteroatoms. The van der Waals surface area contributed by atoms with E-state index in [2.05, 4.69) is 50.0 Å². The summed E-state index contributed by atoms with van der Waals surface area (Å²) in [6, 6.07) is 5.35. The van der Waals surface area contributed by atoms with Gasteiger partial charge in [-0.3, -0.25) is 4.90 Å². The maximum absolute atomic E-state index is 3.52. The van der Waals surface area contributed by atoms with Crippen LogP contribution in [0.3, 0.4) is 0 Å². The molecule has 2 unspecified atom stereocenters. The van der Waals surface area contributed by atoms with E-state index in [4.69, 9.17) is 0 Å². The molecule has 1 saturated heterocycles. The normalized spacial score (nSPS) is 24.5. The Morgan fingerprint density at radius 1 is 1.32 bits per heavy atom. The van der Waals surface area contributed by atoms with E-state index in [0.717, 1.165) is 37.5 Å². The van der Waals surface area contributed by atoms with Crippen molar-refractivity contribution in [2.45, 2.75) is 53.2 Å². The molecule has 19 heavy (non-hydrogen) atoms. The van der Waals surface area contributed by atoms with Crippen LogP contribution in [-0.2, 0) is 13.1 Å². The molecule has 0 aromatic carbocycles. The molecule has 0 radical (unpaired) electrons. The fraction of sp³-hybridized carbons (Fsp3) is 0.750. The Kier molecular flexibility index (Phi) is 5.43. The van der Waals surface area contributed by atoms with Crippen molar-refractivity contribution in [3.63, 3.8) is 0 Å². The second-order valence-corrected chi connectivity index (χ2v) is 7.76. The van der Waals surface area contributed by atoms with Gasteiger partial charge in [-0.2, -0.15) is 0 Å². The fourth-order valence-corrected chi connectivity index (χ4v) is 3.91. The minimum atomic E-state index is 0.728. The molecule has 2 rings (SSSR count). The van der Waals surface area contributed by atoms with Crippen molar-refractivity contribution in [3.05, 3.63) is 21.9 Å². The van der Waals surface area contributed by atoms with Crippen LogP contribution in [0.15, 0.2) is 12.1 Å². The molecular weight excluding hydrogens is 252 g/mol. The number of thiophene rings is 1. The minimum absolute atomic E-state index is 0.728. The Labute approximate surface area is 122 Å². The second-order valence-electron chi connectivity index (χ2n) is 6.51. The number of rotatable bonds is 6. The molecule has 2 nitrogen and oxygen atoms in total. The number of hydrogen-bond donors (Lipinski definition) is 1. The van der Waals surface area contributed by atoms with Gasteiger partial charge in [-0.15, -0.1) is 11.3 Å². The molecule has 2 heterocycles. The number of likely N-dealkylation sites (tertiary alicyclic amines) is 1. The van der Waals surface area contributed by atoms with Crippen LogP contribution < -0.4 is 5.32 Å². The molecule has 1 aliphatic heterocycles. The first kappa shape index (κ1) is 15.0. The Hall–Kier alpha value is -0.380. The molecule has 1 N–H and O–H groups in total. The number of nitrogens with zero attached hydrogens (tertiary/aromatic N) is 1. The van der Waals surface area contributed by atoms with Gasteiger partial charge in [-0.05, 0) is 43.9 Å². The van der Waals surface area contributed by atoms with Gasteiger partial charge in [0, 0.05) is 35.4 Å². The molecule has 0 amide bonds. The highest BCUT2D eigenvalue weighted by molar-refractivity contribution is 7.11. The van der Waals surface area contributed by atoms with Crippen molar-refractivity contribution in [1.82, 2.24) is 10.2 Å². The van der Waals surface area contributed by atoms with E-state index < -0.39 is 0 Å². The number of nitrogens with one attached hydrogen (secondary N) is 1. The molecule has 1 fully saturated rings. The summed E-state index contributed by atoms with van der Waals surface area (Å²) in [5, 5.41) is 3.52. The van der Waals surface area contributed by atoms with Gasteiger partial charge in [-0.25, -0.2) is 0 Å². The summed E-state index contributed by atoms with van der Waals surface area (Å²) < 4.78 is 0. The van der Waals surface area contributed by atoms with Gasteiger partial charge >= 0.3 is 0 Å². The first-order valence-electron chi connectivity index (χ1n) is 7.57. The highest BCUT2D eigenvalue weighted by atomic mass is 32.1. The molecule has 1 aromatic heterocycles. The molecule has 108 valence electrons. The van der Waals surface area contributed by atoms with Crippen molar-refractivity contribution >= 4 is 11.3 Å². The van der Waals surface area contributed by atoms with Gasteiger partial charge in [0.05, 0.1) is 0 Å². The summed E-state index contributed by atoms with van der Waals surface area (Å²) in [5.74, 6) is 1.59. The van der Waals surface area contributed by atoms with E-state index in [0.29, 0.717) is 0 Å². The topological polar surface area (TPSA) is 15.3 Å². The first-order valence-corrected chi connectivity index (χ1v) is 8.38. The van der Waals surface area contributed by atoms with Gasteiger partial charge in [0.25, 0.3) is 0 Å². The van der Waals surface area contributed by atoms with E-state index in [1.807, 2.05) is 11.3 Å². The van der Waals surface area contributed by atoms with Gasteiger partial charge in [0.1, 0.15) is 0 Å². The van der Waals surface area contributed by atoms with Gasteiger partial charge in [-0.1, -0.05) is 20.8 Å². The standard InChI is InChI=1S/C16H28N2S/c1-12(2)8-17-9-15-5-6-16(19-15)11-18-10-13(3)7-14(18)4/h5-6,12-14,17H,7-11H2,1-4H3.